The van der Waals surface area contributed by atoms with E-state index in [1.807, 2.05) is 42.5 Å². The van der Waals surface area contributed by atoms with Crippen LogP contribution in [-0.4, -0.2) is 11.1 Å². The number of aryl methyl sites for hydroxylation is 1. The van der Waals surface area contributed by atoms with Gasteiger partial charge in [0.1, 0.15) is 12.3 Å². The summed E-state index contributed by atoms with van der Waals surface area (Å²) in [7, 11) is 0. The smallest absolute Gasteiger partial charge is 0.306 e. The van der Waals surface area contributed by atoms with Crippen molar-refractivity contribution in [3.63, 3.8) is 0 Å². The summed E-state index contributed by atoms with van der Waals surface area (Å²) in [5.74, 6) is 0.345. The van der Waals surface area contributed by atoms with E-state index < -0.39 is 0 Å². The number of ether oxygens (including phenoxy) is 1. The molecule has 0 spiro atoms. The lowest BCUT2D eigenvalue weighted by atomic mass is 10.1. The molecule has 0 amide bonds. The summed E-state index contributed by atoms with van der Waals surface area (Å²) in [5, 5.41) is 12.7. The standard InChI is InChI=1S/C20H16N2O3/c21-13-16-8-6-15(7-9-16)10-11-20(23)24-14-18-12-19(25-22-18)17-4-2-1-3-5-17/h1-9,12H,10-11,14H2. The number of carbonyl (C=O) groups excluding carboxylic acids is 1. The van der Waals surface area contributed by atoms with Crippen LogP contribution in [0.25, 0.3) is 11.3 Å². The molecule has 124 valence electrons. The molecule has 3 aromatic rings. The summed E-state index contributed by atoms with van der Waals surface area (Å²) in [6.07, 6.45) is 0.841. The van der Waals surface area contributed by atoms with Gasteiger partial charge in [-0.25, -0.2) is 0 Å². The molecular weight excluding hydrogens is 316 g/mol. The average molecular weight is 332 g/mol. The zero-order valence-electron chi connectivity index (χ0n) is 13.5. The molecule has 0 radical (unpaired) electrons. The number of nitriles is 1. The molecule has 0 atom stereocenters. The number of nitrogens with zero attached hydrogens (tertiary/aromatic N) is 2. The Kier molecular flexibility index (Phi) is 5.22. The van der Waals surface area contributed by atoms with E-state index in [1.165, 1.54) is 0 Å². The Balaban J connectivity index is 1.47. The third kappa shape index (κ3) is 4.55. The zero-order valence-corrected chi connectivity index (χ0v) is 13.5. The highest BCUT2D eigenvalue weighted by molar-refractivity contribution is 5.69. The van der Waals surface area contributed by atoms with Gasteiger partial charge in [-0.05, 0) is 24.1 Å². The molecule has 1 aromatic heterocycles. The van der Waals surface area contributed by atoms with E-state index in [0.29, 0.717) is 23.4 Å². The molecule has 0 saturated heterocycles. The van der Waals surface area contributed by atoms with Crippen LogP contribution in [0, 0.1) is 11.3 Å². The van der Waals surface area contributed by atoms with Gasteiger partial charge < -0.3 is 9.26 Å². The van der Waals surface area contributed by atoms with Crippen LogP contribution < -0.4 is 0 Å². The van der Waals surface area contributed by atoms with Crippen molar-refractivity contribution >= 4 is 5.97 Å². The van der Waals surface area contributed by atoms with E-state index in [1.54, 1.807) is 18.2 Å². The van der Waals surface area contributed by atoms with Crippen molar-refractivity contribution in [1.29, 1.82) is 5.26 Å². The molecule has 0 aliphatic heterocycles. The van der Waals surface area contributed by atoms with Crippen LogP contribution >= 0.6 is 0 Å². The SMILES string of the molecule is N#Cc1ccc(CCC(=O)OCc2cc(-c3ccccc3)on2)cc1. The van der Waals surface area contributed by atoms with Crippen LogP contribution in [0.15, 0.2) is 65.2 Å². The molecule has 0 saturated carbocycles. The highest BCUT2D eigenvalue weighted by Gasteiger charge is 2.09. The van der Waals surface area contributed by atoms with Gasteiger partial charge in [-0.3, -0.25) is 4.79 Å². The predicted molar refractivity (Wildman–Crippen MR) is 91.2 cm³/mol. The summed E-state index contributed by atoms with van der Waals surface area (Å²) in [5.41, 5.74) is 3.09. The van der Waals surface area contributed by atoms with E-state index in [9.17, 15) is 4.79 Å². The largest absolute Gasteiger partial charge is 0.459 e. The maximum absolute atomic E-state index is 11.9. The van der Waals surface area contributed by atoms with Crippen LogP contribution in [0.5, 0.6) is 0 Å². The molecule has 3 rings (SSSR count). The van der Waals surface area contributed by atoms with Gasteiger partial charge in [0.15, 0.2) is 5.76 Å². The van der Waals surface area contributed by atoms with E-state index in [2.05, 4.69) is 11.2 Å². The molecule has 0 fully saturated rings. The van der Waals surface area contributed by atoms with Gasteiger partial charge in [-0.2, -0.15) is 5.26 Å². The maximum Gasteiger partial charge on any atom is 0.306 e. The highest BCUT2D eigenvalue weighted by Crippen LogP contribution is 2.20. The Morgan fingerprint density at radius 2 is 1.88 bits per heavy atom. The van der Waals surface area contributed by atoms with Gasteiger partial charge >= 0.3 is 5.97 Å². The molecular formula is C20H16N2O3. The molecule has 0 N–H and O–H groups in total. The van der Waals surface area contributed by atoms with Gasteiger partial charge in [0.25, 0.3) is 0 Å². The van der Waals surface area contributed by atoms with E-state index in [0.717, 1.165) is 11.1 Å². The predicted octanol–water partition coefficient (Wildman–Crippen LogP) is 3.89. The first-order chi connectivity index (χ1) is 12.2. The van der Waals surface area contributed by atoms with Crippen LogP contribution in [0.1, 0.15) is 23.2 Å². The molecule has 0 aliphatic rings. The first-order valence-corrected chi connectivity index (χ1v) is 7.90. The normalized spacial score (nSPS) is 10.2. The Hall–Kier alpha value is -3.39. The summed E-state index contributed by atoms with van der Waals surface area (Å²) in [4.78, 5) is 11.9. The third-order valence-electron chi connectivity index (χ3n) is 3.70. The van der Waals surface area contributed by atoms with Crippen molar-refractivity contribution in [1.82, 2.24) is 5.16 Å². The molecule has 5 nitrogen and oxygen atoms in total. The number of hydrogen-bond acceptors (Lipinski definition) is 5. The van der Waals surface area contributed by atoms with Crippen LogP contribution in [0.3, 0.4) is 0 Å². The number of aromatic nitrogens is 1. The monoisotopic (exact) mass is 332 g/mol. The third-order valence-corrected chi connectivity index (χ3v) is 3.70. The van der Waals surface area contributed by atoms with E-state index in [4.69, 9.17) is 14.5 Å². The number of hydrogen-bond donors (Lipinski definition) is 0. The van der Waals surface area contributed by atoms with Gasteiger partial charge in [0, 0.05) is 18.1 Å². The van der Waals surface area contributed by atoms with Gasteiger partial charge in [-0.15, -0.1) is 0 Å². The minimum Gasteiger partial charge on any atom is -0.459 e. The van der Waals surface area contributed by atoms with E-state index in [-0.39, 0.29) is 19.0 Å². The molecule has 0 bridgehead atoms. The second-order valence-corrected chi connectivity index (χ2v) is 5.52. The Labute approximate surface area is 145 Å². The maximum atomic E-state index is 11.9. The van der Waals surface area contributed by atoms with Crippen molar-refractivity contribution in [3.8, 4) is 17.4 Å². The van der Waals surface area contributed by atoms with Crippen LogP contribution in [-0.2, 0) is 22.6 Å². The van der Waals surface area contributed by atoms with Crippen molar-refractivity contribution in [2.45, 2.75) is 19.4 Å². The fraction of sp³-hybridized carbons (Fsp3) is 0.150. The Bertz CT molecular complexity index is 877. The average Bonchev–Trinajstić information content (AvgIpc) is 3.15. The minimum atomic E-state index is -0.298. The van der Waals surface area contributed by atoms with Crippen LogP contribution in [0.2, 0.25) is 0 Å². The molecule has 5 heteroatoms. The summed E-state index contributed by atoms with van der Waals surface area (Å²) >= 11 is 0. The fourth-order valence-electron chi connectivity index (χ4n) is 2.34. The van der Waals surface area contributed by atoms with Gasteiger partial charge in [0.2, 0.25) is 0 Å². The molecule has 2 aromatic carbocycles. The number of carbonyl (C=O) groups is 1. The van der Waals surface area contributed by atoms with Crippen LogP contribution in [0.4, 0.5) is 0 Å². The first-order valence-electron chi connectivity index (χ1n) is 7.90. The second-order valence-electron chi connectivity index (χ2n) is 5.52. The number of rotatable bonds is 6. The molecule has 0 unspecified atom stereocenters. The van der Waals surface area contributed by atoms with E-state index >= 15 is 0 Å². The topological polar surface area (TPSA) is 76.1 Å². The lowest BCUT2D eigenvalue weighted by molar-refractivity contribution is -0.145. The second kappa shape index (κ2) is 7.93. The van der Waals surface area contributed by atoms with Crippen molar-refractivity contribution in [2.24, 2.45) is 0 Å². The molecule has 25 heavy (non-hydrogen) atoms. The molecule has 0 aliphatic carbocycles. The highest BCUT2D eigenvalue weighted by atomic mass is 16.5. The summed E-state index contributed by atoms with van der Waals surface area (Å²) in [6.45, 7) is 0.0859. The number of benzene rings is 2. The van der Waals surface area contributed by atoms with Crippen molar-refractivity contribution in [2.75, 3.05) is 0 Å². The van der Waals surface area contributed by atoms with Crippen molar-refractivity contribution in [3.05, 3.63) is 77.5 Å². The van der Waals surface area contributed by atoms with Gasteiger partial charge in [0.05, 0.1) is 11.6 Å². The van der Waals surface area contributed by atoms with Crippen molar-refractivity contribution < 1.29 is 14.1 Å². The lowest BCUT2D eigenvalue weighted by Gasteiger charge is -2.03. The quantitative estimate of drug-likeness (QED) is 0.640. The minimum absolute atomic E-state index is 0.0859. The van der Waals surface area contributed by atoms with Gasteiger partial charge in [-0.1, -0.05) is 47.6 Å². The Morgan fingerprint density at radius 3 is 2.60 bits per heavy atom. The fourth-order valence-corrected chi connectivity index (χ4v) is 2.34. The first kappa shape index (κ1) is 16.5. The lowest BCUT2D eigenvalue weighted by Crippen LogP contribution is -2.06. The molecule has 1 heterocycles. The summed E-state index contributed by atoms with van der Waals surface area (Å²) < 4.78 is 10.5. The number of esters is 1. The Morgan fingerprint density at radius 1 is 1.12 bits per heavy atom. The zero-order chi connectivity index (χ0) is 17.5. The summed E-state index contributed by atoms with van der Waals surface area (Å²) in [6, 6.07) is 20.6.